The Kier molecular flexibility index (Phi) is 6.16. The number of aromatic nitrogens is 2. The number of nitrogens with zero attached hydrogens (tertiary/aromatic N) is 3. The SMILES string of the molecule is CCc1ccc(C2CC(c3cc(-c4ccccc4F)n[nH]3)CN(C(=O)N3CCCC3)C2)cc1. The predicted octanol–water partition coefficient (Wildman–Crippen LogP) is 5.57. The van der Waals surface area contributed by atoms with Gasteiger partial charge in [0.05, 0.1) is 5.69 Å². The molecule has 33 heavy (non-hydrogen) atoms. The molecule has 6 heteroatoms. The number of benzene rings is 2. The van der Waals surface area contributed by atoms with Crippen LogP contribution in [0.3, 0.4) is 0 Å². The summed E-state index contributed by atoms with van der Waals surface area (Å²) in [5.74, 6) is 0.0921. The number of urea groups is 1. The van der Waals surface area contributed by atoms with Crippen LogP contribution in [-0.2, 0) is 6.42 Å². The minimum atomic E-state index is -0.279. The van der Waals surface area contributed by atoms with E-state index < -0.39 is 0 Å². The number of carbonyl (C=O) groups is 1. The van der Waals surface area contributed by atoms with Crippen LogP contribution in [0.25, 0.3) is 11.3 Å². The highest BCUT2D eigenvalue weighted by Gasteiger charge is 2.35. The van der Waals surface area contributed by atoms with Gasteiger partial charge in [-0.15, -0.1) is 0 Å². The molecule has 2 aliphatic rings. The highest BCUT2D eigenvalue weighted by atomic mass is 19.1. The fourth-order valence-corrected chi connectivity index (χ4v) is 5.21. The topological polar surface area (TPSA) is 52.2 Å². The van der Waals surface area contributed by atoms with Gasteiger partial charge in [-0.1, -0.05) is 43.3 Å². The zero-order valence-corrected chi connectivity index (χ0v) is 19.1. The van der Waals surface area contributed by atoms with Gasteiger partial charge >= 0.3 is 6.03 Å². The molecule has 2 fully saturated rings. The van der Waals surface area contributed by atoms with Gasteiger partial charge in [0.25, 0.3) is 0 Å². The quantitative estimate of drug-likeness (QED) is 0.570. The second kappa shape index (κ2) is 9.38. The molecule has 3 heterocycles. The molecule has 0 aliphatic carbocycles. The molecular formula is C27H31FN4O. The number of hydrogen-bond acceptors (Lipinski definition) is 2. The average molecular weight is 447 g/mol. The number of rotatable bonds is 4. The Morgan fingerprint density at radius 3 is 2.48 bits per heavy atom. The van der Waals surface area contributed by atoms with Crippen LogP contribution >= 0.6 is 0 Å². The zero-order valence-electron chi connectivity index (χ0n) is 19.1. The fraction of sp³-hybridized carbons (Fsp3) is 0.407. The average Bonchev–Trinajstić information content (AvgIpc) is 3.56. The number of halogens is 1. The van der Waals surface area contributed by atoms with Gasteiger partial charge in [0.1, 0.15) is 5.82 Å². The first kappa shape index (κ1) is 21.7. The molecular weight excluding hydrogens is 415 g/mol. The normalized spacial score (nSPS) is 20.9. The number of amides is 2. The Bertz CT molecular complexity index is 1100. The third kappa shape index (κ3) is 4.52. The van der Waals surface area contributed by atoms with Crippen LogP contribution in [0.5, 0.6) is 0 Å². The Morgan fingerprint density at radius 2 is 1.76 bits per heavy atom. The molecule has 2 aromatic carbocycles. The molecule has 3 aromatic rings. The van der Waals surface area contributed by atoms with Crippen LogP contribution in [0.15, 0.2) is 54.6 Å². The van der Waals surface area contributed by atoms with Crippen molar-refractivity contribution in [1.29, 1.82) is 0 Å². The Morgan fingerprint density at radius 1 is 1.03 bits per heavy atom. The molecule has 2 saturated heterocycles. The van der Waals surface area contributed by atoms with E-state index in [1.807, 2.05) is 21.9 Å². The number of hydrogen-bond donors (Lipinski definition) is 1. The number of likely N-dealkylation sites (tertiary alicyclic amines) is 2. The van der Waals surface area contributed by atoms with E-state index in [4.69, 9.17) is 0 Å². The molecule has 1 N–H and O–H groups in total. The van der Waals surface area contributed by atoms with E-state index in [9.17, 15) is 9.18 Å². The van der Waals surface area contributed by atoms with E-state index in [1.54, 1.807) is 12.1 Å². The molecule has 0 spiro atoms. The molecule has 1 aromatic heterocycles. The minimum absolute atomic E-state index is 0.120. The standard InChI is InChI=1S/C27H31FN4O/c1-2-19-9-11-20(12-10-19)21-15-22(18-32(17-21)27(33)31-13-5-6-14-31)25-16-26(30-29-25)23-7-3-4-8-24(23)28/h3-4,7-12,16,21-22H,2,5-6,13-15,17-18H2,1H3,(H,29,30). The van der Waals surface area contributed by atoms with Crippen LogP contribution in [0, 0.1) is 5.82 Å². The number of H-pyrrole nitrogens is 1. The lowest BCUT2D eigenvalue weighted by atomic mass is 9.82. The van der Waals surface area contributed by atoms with E-state index in [0.717, 1.165) is 51.0 Å². The van der Waals surface area contributed by atoms with Crippen molar-refractivity contribution in [1.82, 2.24) is 20.0 Å². The summed E-state index contributed by atoms with van der Waals surface area (Å²) in [4.78, 5) is 17.3. The molecule has 0 radical (unpaired) electrons. The van der Waals surface area contributed by atoms with Crippen molar-refractivity contribution in [3.05, 3.63) is 77.2 Å². The van der Waals surface area contributed by atoms with Crippen molar-refractivity contribution >= 4 is 6.03 Å². The van der Waals surface area contributed by atoms with E-state index in [2.05, 4.69) is 41.4 Å². The van der Waals surface area contributed by atoms with Crippen LogP contribution in [0.1, 0.15) is 54.8 Å². The van der Waals surface area contributed by atoms with Crippen LogP contribution in [-0.4, -0.2) is 52.2 Å². The number of nitrogens with one attached hydrogen (secondary N) is 1. The van der Waals surface area contributed by atoms with Crippen LogP contribution in [0.2, 0.25) is 0 Å². The Hall–Kier alpha value is -3.15. The number of carbonyl (C=O) groups excluding carboxylic acids is 1. The molecule has 5 rings (SSSR count). The van der Waals surface area contributed by atoms with E-state index in [0.29, 0.717) is 17.8 Å². The summed E-state index contributed by atoms with van der Waals surface area (Å²) in [6, 6.07) is 17.6. The van der Waals surface area contributed by atoms with Gasteiger partial charge in [0.15, 0.2) is 0 Å². The van der Waals surface area contributed by atoms with Gasteiger partial charge in [-0.25, -0.2) is 9.18 Å². The third-order valence-electron chi connectivity index (χ3n) is 7.14. The lowest BCUT2D eigenvalue weighted by molar-refractivity contribution is 0.140. The molecule has 2 aliphatic heterocycles. The smallest absolute Gasteiger partial charge is 0.320 e. The van der Waals surface area contributed by atoms with Crippen molar-refractivity contribution in [2.24, 2.45) is 0 Å². The summed E-state index contributed by atoms with van der Waals surface area (Å²) in [7, 11) is 0. The maximum atomic E-state index is 14.3. The van der Waals surface area contributed by atoms with Crippen molar-refractivity contribution in [3.8, 4) is 11.3 Å². The molecule has 172 valence electrons. The van der Waals surface area contributed by atoms with Gasteiger partial charge in [0.2, 0.25) is 0 Å². The monoisotopic (exact) mass is 446 g/mol. The summed E-state index contributed by atoms with van der Waals surface area (Å²) in [6.07, 6.45) is 4.10. The zero-order chi connectivity index (χ0) is 22.8. The lowest BCUT2D eigenvalue weighted by Gasteiger charge is -2.39. The maximum absolute atomic E-state index is 14.3. The number of aryl methyl sites for hydroxylation is 1. The van der Waals surface area contributed by atoms with E-state index in [1.165, 1.54) is 17.2 Å². The lowest BCUT2D eigenvalue weighted by Crippen LogP contribution is -2.48. The second-order valence-electron chi connectivity index (χ2n) is 9.29. The Labute approximate surface area is 194 Å². The number of aromatic amines is 1. The maximum Gasteiger partial charge on any atom is 0.320 e. The van der Waals surface area contributed by atoms with Crippen molar-refractivity contribution < 1.29 is 9.18 Å². The predicted molar refractivity (Wildman–Crippen MR) is 128 cm³/mol. The summed E-state index contributed by atoms with van der Waals surface area (Å²) < 4.78 is 14.3. The summed E-state index contributed by atoms with van der Waals surface area (Å²) in [5, 5.41) is 7.56. The summed E-state index contributed by atoms with van der Waals surface area (Å²) in [6.45, 7) is 5.23. The van der Waals surface area contributed by atoms with Crippen molar-refractivity contribution in [2.45, 2.75) is 44.4 Å². The molecule has 2 unspecified atom stereocenters. The highest BCUT2D eigenvalue weighted by molar-refractivity contribution is 5.75. The van der Waals surface area contributed by atoms with Gasteiger partial charge < -0.3 is 9.80 Å². The molecule has 2 atom stereocenters. The van der Waals surface area contributed by atoms with Crippen molar-refractivity contribution in [2.75, 3.05) is 26.2 Å². The molecule has 2 amide bonds. The fourth-order valence-electron chi connectivity index (χ4n) is 5.21. The van der Waals surface area contributed by atoms with Crippen LogP contribution < -0.4 is 0 Å². The molecule has 0 saturated carbocycles. The first-order valence-corrected chi connectivity index (χ1v) is 12.0. The van der Waals surface area contributed by atoms with E-state index >= 15 is 0 Å². The largest absolute Gasteiger partial charge is 0.325 e. The van der Waals surface area contributed by atoms with Gasteiger partial charge in [-0.2, -0.15) is 5.10 Å². The van der Waals surface area contributed by atoms with Gasteiger partial charge in [-0.05, 0) is 55.0 Å². The highest BCUT2D eigenvalue weighted by Crippen LogP contribution is 2.37. The first-order chi connectivity index (χ1) is 16.1. The molecule has 5 nitrogen and oxygen atoms in total. The molecule has 0 bridgehead atoms. The summed E-state index contributed by atoms with van der Waals surface area (Å²) >= 11 is 0. The second-order valence-corrected chi connectivity index (χ2v) is 9.29. The third-order valence-corrected chi connectivity index (χ3v) is 7.14. The number of piperidine rings is 1. The minimum Gasteiger partial charge on any atom is -0.325 e. The Balaban J connectivity index is 1.43. The van der Waals surface area contributed by atoms with Crippen molar-refractivity contribution in [3.63, 3.8) is 0 Å². The van der Waals surface area contributed by atoms with E-state index in [-0.39, 0.29) is 23.7 Å². The van der Waals surface area contributed by atoms with Gasteiger partial charge in [0, 0.05) is 49.3 Å². The summed E-state index contributed by atoms with van der Waals surface area (Å²) in [5.41, 5.74) is 4.65. The first-order valence-electron chi connectivity index (χ1n) is 12.0. The van der Waals surface area contributed by atoms with Gasteiger partial charge in [-0.3, -0.25) is 5.10 Å². The van der Waals surface area contributed by atoms with Crippen LogP contribution in [0.4, 0.5) is 9.18 Å².